The van der Waals surface area contributed by atoms with Crippen LogP contribution in [0.4, 0.5) is 0 Å². The molecule has 0 radical (unpaired) electrons. The van der Waals surface area contributed by atoms with Gasteiger partial charge >= 0.3 is 6.01 Å². The summed E-state index contributed by atoms with van der Waals surface area (Å²) >= 11 is 0. The van der Waals surface area contributed by atoms with Crippen molar-refractivity contribution in [1.29, 1.82) is 0 Å². The largest absolute Gasteiger partial charge is 0.460 e. The zero-order valence-electron chi connectivity index (χ0n) is 16.9. The third-order valence-electron chi connectivity index (χ3n) is 6.06. The molecule has 0 aromatic carbocycles. The summed E-state index contributed by atoms with van der Waals surface area (Å²) in [6.07, 6.45) is 13.1. The number of nitrogens with zero attached hydrogens (tertiary/aromatic N) is 4. The van der Waals surface area contributed by atoms with Crippen molar-refractivity contribution in [3.63, 3.8) is 0 Å². The Balaban J connectivity index is 1.35. The van der Waals surface area contributed by atoms with Gasteiger partial charge in [-0.15, -0.1) is 0 Å². The van der Waals surface area contributed by atoms with Crippen molar-refractivity contribution in [2.75, 3.05) is 13.1 Å². The van der Waals surface area contributed by atoms with Crippen LogP contribution in [0.5, 0.6) is 6.01 Å². The van der Waals surface area contributed by atoms with E-state index in [1.807, 2.05) is 26.1 Å². The molecule has 0 atom stereocenters. The lowest BCUT2D eigenvalue weighted by molar-refractivity contribution is 0.0710. The van der Waals surface area contributed by atoms with Gasteiger partial charge in [0.05, 0.1) is 0 Å². The predicted octanol–water partition coefficient (Wildman–Crippen LogP) is 3.67. The maximum Gasteiger partial charge on any atom is 0.316 e. The van der Waals surface area contributed by atoms with Gasteiger partial charge in [-0.1, -0.05) is 12.8 Å². The SMILES string of the molecule is CC(C)n1ccc(-c2cnc(OC3CCN(C4CCCC4)CC3)nc2)cc1=O. The van der Waals surface area contributed by atoms with Crippen LogP contribution in [0.2, 0.25) is 0 Å². The maximum atomic E-state index is 12.2. The number of piperidine rings is 1. The van der Waals surface area contributed by atoms with Crippen molar-refractivity contribution in [1.82, 2.24) is 19.4 Å². The van der Waals surface area contributed by atoms with Crippen molar-refractivity contribution in [2.45, 2.75) is 70.6 Å². The first kappa shape index (κ1) is 19.1. The summed E-state index contributed by atoms with van der Waals surface area (Å²) in [5.74, 6) is 0. The van der Waals surface area contributed by atoms with Crippen molar-refractivity contribution in [3.8, 4) is 17.1 Å². The summed E-state index contributed by atoms with van der Waals surface area (Å²) in [6, 6.07) is 4.94. The first-order valence-electron chi connectivity index (χ1n) is 10.6. The Bertz CT molecular complexity index is 832. The number of hydrogen-bond donors (Lipinski definition) is 0. The van der Waals surface area contributed by atoms with E-state index in [0.717, 1.165) is 43.1 Å². The standard InChI is InChI=1S/C22H30N4O2/c1-16(2)26-12-7-17(13-21(26)27)18-14-23-22(24-15-18)28-20-8-10-25(11-9-20)19-5-3-4-6-19/h7,12-16,19-20H,3-6,8-11H2,1-2H3. The zero-order chi connectivity index (χ0) is 19.5. The number of pyridine rings is 1. The summed E-state index contributed by atoms with van der Waals surface area (Å²) in [7, 11) is 0. The van der Waals surface area contributed by atoms with Gasteiger partial charge in [-0.2, -0.15) is 0 Å². The molecule has 0 bridgehead atoms. The quantitative estimate of drug-likeness (QED) is 0.790. The summed E-state index contributed by atoms with van der Waals surface area (Å²) in [6.45, 7) is 6.21. The van der Waals surface area contributed by atoms with Gasteiger partial charge in [-0.05, 0) is 51.2 Å². The Morgan fingerprint density at radius 3 is 2.32 bits per heavy atom. The number of rotatable bonds is 5. The number of hydrogen-bond acceptors (Lipinski definition) is 5. The normalized spacial score (nSPS) is 19.4. The van der Waals surface area contributed by atoms with Crippen molar-refractivity contribution >= 4 is 0 Å². The van der Waals surface area contributed by atoms with Crippen LogP contribution in [0.3, 0.4) is 0 Å². The summed E-state index contributed by atoms with van der Waals surface area (Å²) in [5, 5.41) is 0. The molecule has 1 saturated carbocycles. The number of likely N-dealkylation sites (tertiary alicyclic amines) is 1. The number of ether oxygens (including phenoxy) is 1. The molecule has 3 heterocycles. The van der Waals surface area contributed by atoms with Gasteiger partial charge in [0.2, 0.25) is 0 Å². The van der Waals surface area contributed by atoms with E-state index < -0.39 is 0 Å². The molecule has 0 spiro atoms. The van der Waals surface area contributed by atoms with Gasteiger partial charge in [-0.25, -0.2) is 9.97 Å². The Kier molecular flexibility index (Phi) is 5.76. The molecule has 1 saturated heterocycles. The fraction of sp³-hybridized carbons (Fsp3) is 0.591. The third-order valence-corrected chi connectivity index (χ3v) is 6.06. The van der Waals surface area contributed by atoms with Gasteiger partial charge < -0.3 is 14.2 Å². The highest BCUT2D eigenvalue weighted by atomic mass is 16.5. The predicted molar refractivity (Wildman–Crippen MR) is 110 cm³/mol. The van der Waals surface area contributed by atoms with E-state index in [9.17, 15) is 4.79 Å². The lowest BCUT2D eigenvalue weighted by atomic mass is 10.0. The van der Waals surface area contributed by atoms with E-state index in [2.05, 4.69) is 14.9 Å². The van der Waals surface area contributed by atoms with E-state index in [-0.39, 0.29) is 17.7 Å². The molecule has 1 aliphatic carbocycles. The number of aromatic nitrogens is 3. The summed E-state index contributed by atoms with van der Waals surface area (Å²) in [5.41, 5.74) is 1.65. The van der Waals surface area contributed by atoms with E-state index in [1.165, 1.54) is 25.7 Å². The van der Waals surface area contributed by atoms with Crippen LogP contribution in [-0.4, -0.2) is 44.7 Å². The monoisotopic (exact) mass is 382 g/mol. The molecule has 2 aromatic rings. The highest BCUT2D eigenvalue weighted by Gasteiger charge is 2.28. The lowest BCUT2D eigenvalue weighted by Crippen LogP contribution is -2.43. The second-order valence-corrected chi connectivity index (χ2v) is 8.30. The molecular formula is C22H30N4O2. The molecule has 150 valence electrons. The highest BCUT2D eigenvalue weighted by Crippen LogP contribution is 2.27. The van der Waals surface area contributed by atoms with Crippen LogP contribution < -0.4 is 10.3 Å². The molecule has 6 heteroatoms. The average molecular weight is 383 g/mol. The van der Waals surface area contributed by atoms with Crippen molar-refractivity contribution < 1.29 is 4.74 Å². The van der Waals surface area contributed by atoms with E-state index >= 15 is 0 Å². The molecule has 0 unspecified atom stereocenters. The van der Waals surface area contributed by atoms with Crippen LogP contribution in [-0.2, 0) is 0 Å². The Labute approximate surface area is 166 Å². The van der Waals surface area contributed by atoms with Gasteiger partial charge in [0.25, 0.3) is 5.56 Å². The van der Waals surface area contributed by atoms with Crippen molar-refractivity contribution in [3.05, 3.63) is 41.1 Å². The van der Waals surface area contributed by atoms with E-state index in [4.69, 9.17) is 4.74 Å². The minimum Gasteiger partial charge on any atom is -0.460 e. The zero-order valence-corrected chi connectivity index (χ0v) is 16.9. The van der Waals surface area contributed by atoms with Gasteiger partial charge in [-0.3, -0.25) is 4.79 Å². The molecule has 2 aliphatic rings. The first-order valence-corrected chi connectivity index (χ1v) is 10.6. The smallest absolute Gasteiger partial charge is 0.316 e. The average Bonchev–Trinajstić information content (AvgIpc) is 3.24. The molecule has 6 nitrogen and oxygen atoms in total. The minimum absolute atomic E-state index is 0.0122. The fourth-order valence-electron chi connectivity index (χ4n) is 4.40. The van der Waals surface area contributed by atoms with E-state index in [0.29, 0.717) is 6.01 Å². The molecule has 1 aliphatic heterocycles. The third kappa shape index (κ3) is 4.27. The molecule has 0 N–H and O–H groups in total. The van der Waals surface area contributed by atoms with Crippen molar-refractivity contribution in [2.24, 2.45) is 0 Å². The minimum atomic E-state index is -0.0122. The van der Waals surface area contributed by atoms with Gasteiger partial charge in [0.15, 0.2) is 0 Å². The highest BCUT2D eigenvalue weighted by molar-refractivity contribution is 5.60. The van der Waals surface area contributed by atoms with Gasteiger partial charge in [0, 0.05) is 55.4 Å². The van der Waals surface area contributed by atoms with Crippen LogP contribution in [0.1, 0.15) is 58.4 Å². The Morgan fingerprint density at radius 1 is 1.04 bits per heavy atom. The van der Waals surface area contributed by atoms with Crippen LogP contribution in [0.15, 0.2) is 35.5 Å². The van der Waals surface area contributed by atoms with E-state index in [1.54, 1.807) is 23.0 Å². The van der Waals surface area contributed by atoms with Crippen LogP contribution in [0, 0.1) is 0 Å². The first-order chi connectivity index (χ1) is 13.6. The van der Waals surface area contributed by atoms with Crippen LogP contribution >= 0.6 is 0 Å². The molecule has 28 heavy (non-hydrogen) atoms. The molecule has 0 amide bonds. The molecule has 2 aromatic heterocycles. The Morgan fingerprint density at radius 2 is 1.71 bits per heavy atom. The fourth-order valence-corrected chi connectivity index (χ4v) is 4.40. The maximum absolute atomic E-state index is 12.2. The summed E-state index contributed by atoms with van der Waals surface area (Å²) in [4.78, 5) is 23.6. The second-order valence-electron chi connectivity index (χ2n) is 8.30. The Hall–Kier alpha value is -2.21. The summed E-state index contributed by atoms with van der Waals surface area (Å²) < 4.78 is 7.72. The van der Waals surface area contributed by atoms with Crippen LogP contribution in [0.25, 0.3) is 11.1 Å². The molecule has 4 rings (SSSR count). The molecule has 2 fully saturated rings. The molecular weight excluding hydrogens is 352 g/mol. The second kappa shape index (κ2) is 8.43. The topological polar surface area (TPSA) is 60.2 Å². The lowest BCUT2D eigenvalue weighted by Gasteiger charge is -2.35. The van der Waals surface area contributed by atoms with Gasteiger partial charge in [0.1, 0.15) is 6.10 Å².